The second-order valence-electron chi connectivity index (χ2n) is 5.41. The molecule has 3 N–H and O–H groups in total. The Balaban J connectivity index is 1.97. The fourth-order valence-electron chi connectivity index (χ4n) is 2.24. The molecule has 5 nitrogen and oxygen atoms in total. The average molecular weight is 324 g/mol. The molecule has 1 atom stereocenters. The van der Waals surface area contributed by atoms with Gasteiger partial charge in [0, 0.05) is 30.9 Å². The second kappa shape index (κ2) is 6.89. The molecule has 1 aromatic heterocycles. The van der Waals surface area contributed by atoms with Crippen LogP contribution in [0, 0.1) is 11.6 Å². The molecule has 0 aliphatic rings. The molecule has 1 aromatic carbocycles. The first kappa shape index (κ1) is 17.1. The van der Waals surface area contributed by atoms with E-state index in [0.717, 1.165) is 17.7 Å². The summed E-state index contributed by atoms with van der Waals surface area (Å²) in [5, 5.41) is 13.3. The summed E-state index contributed by atoms with van der Waals surface area (Å²) in [6.45, 7) is 1.84. The van der Waals surface area contributed by atoms with Gasteiger partial charge in [-0.15, -0.1) is 0 Å². The van der Waals surface area contributed by atoms with Gasteiger partial charge in [-0.1, -0.05) is 6.07 Å². The fraction of sp³-hybridized carbons (Fsp3) is 0.312. The molecule has 0 saturated carbocycles. The van der Waals surface area contributed by atoms with Gasteiger partial charge in [-0.2, -0.15) is 0 Å². The zero-order valence-corrected chi connectivity index (χ0v) is 12.8. The summed E-state index contributed by atoms with van der Waals surface area (Å²) < 4.78 is 31.3. The number of methoxy groups -OCH3 is 1. The van der Waals surface area contributed by atoms with Crippen molar-refractivity contribution >= 4 is 5.97 Å². The number of carbonyl (C=O) groups is 1. The second-order valence-corrected chi connectivity index (χ2v) is 5.41. The Morgan fingerprint density at radius 3 is 2.78 bits per heavy atom. The molecule has 7 heteroatoms. The number of hydrogen-bond donors (Lipinski definition) is 3. The number of carbonyl (C=O) groups excluding carboxylic acids is 1. The number of esters is 1. The van der Waals surface area contributed by atoms with E-state index >= 15 is 0 Å². The number of halogens is 2. The van der Waals surface area contributed by atoms with E-state index in [2.05, 4.69) is 15.0 Å². The standard InChI is InChI=1S/C16H18F2N2O3/c1-16(22,12-4-3-11(17)6-13(12)18)9-19-7-10-5-14(20-8-10)15(21)23-2/h3-6,8,19-20,22H,7,9H2,1-2H3. The summed E-state index contributed by atoms with van der Waals surface area (Å²) in [6, 6.07) is 4.67. The van der Waals surface area contributed by atoms with Crippen LogP contribution in [0.3, 0.4) is 0 Å². The fourth-order valence-corrected chi connectivity index (χ4v) is 2.24. The summed E-state index contributed by atoms with van der Waals surface area (Å²) in [5.74, 6) is -1.97. The molecule has 124 valence electrons. The highest BCUT2D eigenvalue weighted by Crippen LogP contribution is 2.23. The topological polar surface area (TPSA) is 74.3 Å². The van der Waals surface area contributed by atoms with E-state index in [1.807, 2.05) is 0 Å². The Labute approximate surface area is 132 Å². The van der Waals surface area contributed by atoms with Crippen LogP contribution in [0.4, 0.5) is 8.78 Å². The van der Waals surface area contributed by atoms with E-state index < -0.39 is 23.2 Å². The number of aromatic nitrogens is 1. The van der Waals surface area contributed by atoms with Crippen molar-refractivity contribution in [2.45, 2.75) is 19.1 Å². The van der Waals surface area contributed by atoms with E-state index in [-0.39, 0.29) is 12.1 Å². The summed E-state index contributed by atoms with van der Waals surface area (Å²) in [5.41, 5.74) is -0.392. The SMILES string of the molecule is COC(=O)c1cc(CNCC(C)(O)c2ccc(F)cc2F)c[nH]1. The molecule has 0 spiro atoms. The number of hydrogen-bond acceptors (Lipinski definition) is 4. The van der Waals surface area contributed by atoms with Crippen molar-refractivity contribution in [3.05, 3.63) is 58.9 Å². The average Bonchev–Trinajstić information content (AvgIpc) is 2.94. The monoisotopic (exact) mass is 324 g/mol. The molecule has 2 aromatic rings. The Kier molecular flexibility index (Phi) is 5.12. The summed E-state index contributed by atoms with van der Waals surface area (Å²) >= 11 is 0. The maximum atomic E-state index is 13.7. The van der Waals surface area contributed by atoms with Gasteiger partial charge >= 0.3 is 5.97 Å². The molecule has 0 saturated heterocycles. The van der Waals surface area contributed by atoms with Crippen molar-refractivity contribution in [1.29, 1.82) is 0 Å². The third-order valence-electron chi connectivity index (χ3n) is 3.46. The number of H-pyrrole nitrogens is 1. The molecule has 0 fully saturated rings. The van der Waals surface area contributed by atoms with Crippen LogP contribution in [0.2, 0.25) is 0 Å². The van der Waals surface area contributed by atoms with Crippen LogP contribution in [-0.4, -0.2) is 29.7 Å². The van der Waals surface area contributed by atoms with Crippen molar-refractivity contribution in [1.82, 2.24) is 10.3 Å². The zero-order valence-electron chi connectivity index (χ0n) is 12.8. The number of ether oxygens (including phenoxy) is 1. The molecule has 1 unspecified atom stereocenters. The van der Waals surface area contributed by atoms with Gasteiger partial charge in [-0.05, 0) is 24.6 Å². The van der Waals surface area contributed by atoms with Crippen LogP contribution in [0.1, 0.15) is 28.5 Å². The van der Waals surface area contributed by atoms with E-state index in [9.17, 15) is 18.7 Å². The Hall–Kier alpha value is -2.25. The predicted octanol–water partition coefficient (Wildman–Crippen LogP) is 2.08. The third kappa shape index (κ3) is 4.14. The molecular weight excluding hydrogens is 306 g/mol. The molecule has 0 bridgehead atoms. The van der Waals surface area contributed by atoms with E-state index in [4.69, 9.17) is 0 Å². The smallest absolute Gasteiger partial charge is 0.354 e. The van der Waals surface area contributed by atoms with Gasteiger partial charge in [-0.3, -0.25) is 0 Å². The lowest BCUT2D eigenvalue weighted by atomic mass is 9.95. The summed E-state index contributed by atoms with van der Waals surface area (Å²) in [6.07, 6.45) is 1.63. The van der Waals surface area contributed by atoms with E-state index in [0.29, 0.717) is 12.2 Å². The van der Waals surface area contributed by atoms with Crippen molar-refractivity contribution < 1.29 is 23.4 Å². The number of aromatic amines is 1. The van der Waals surface area contributed by atoms with Crippen LogP contribution < -0.4 is 5.32 Å². The summed E-state index contributed by atoms with van der Waals surface area (Å²) in [7, 11) is 1.29. The Bertz CT molecular complexity index is 698. The van der Waals surface area contributed by atoms with Crippen LogP contribution in [0.5, 0.6) is 0 Å². The van der Waals surface area contributed by atoms with Gasteiger partial charge in [0.1, 0.15) is 22.9 Å². The molecule has 2 rings (SSSR count). The van der Waals surface area contributed by atoms with Crippen LogP contribution in [-0.2, 0) is 16.9 Å². The van der Waals surface area contributed by atoms with Gasteiger partial charge in [0.2, 0.25) is 0 Å². The molecular formula is C16H18F2N2O3. The highest BCUT2D eigenvalue weighted by molar-refractivity contribution is 5.87. The Morgan fingerprint density at radius 2 is 2.13 bits per heavy atom. The van der Waals surface area contributed by atoms with Crippen LogP contribution in [0.15, 0.2) is 30.5 Å². The maximum Gasteiger partial charge on any atom is 0.354 e. The first-order valence-corrected chi connectivity index (χ1v) is 6.98. The predicted molar refractivity (Wildman–Crippen MR) is 79.8 cm³/mol. The molecule has 0 aliphatic heterocycles. The van der Waals surface area contributed by atoms with Gasteiger partial charge in [0.05, 0.1) is 7.11 Å². The Morgan fingerprint density at radius 1 is 1.39 bits per heavy atom. The molecule has 0 amide bonds. The molecule has 0 aliphatic carbocycles. The van der Waals surface area contributed by atoms with Gasteiger partial charge in [0.15, 0.2) is 0 Å². The molecule has 0 radical (unpaired) electrons. The first-order chi connectivity index (χ1) is 10.8. The molecule has 1 heterocycles. The quantitative estimate of drug-likeness (QED) is 0.711. The van der Waals surface area contributed by atoms with Crippen LogP contribution >= 0.6 is 0 Å². The number of aliphatic hydroxyl groups is 1. The van der Waals surface area contributed by atoms with E-state index in [1.54, 1.807) is 12.3 Å². The zero-order chi connectivity index (χ0) is 17.0. The summed E-state index contributed by atoms with van der Waals surface area (Å²) in [4.78, 5) is 14.1. The van der Waals surface area contributed by atoms with Crippen molar-refractivity contribution in [2.75, 3.05) is 13.7 Å². The van der Waals surface area contributed by atoms with Crippen molar-refractivity contribution in [2.24, 2.45) is 0 Å². The van der Waals surface area contributed by atoms with Gasteiger partial charge in [-0.25, -0.2) is 13.6 Å². The lowest BCUT2D eigenvalue weighted by Gasteiger charge is -2.24. The number of nitrogens with one attached hydrogen (secondary N) is 2. The highest BCUT2D eigenvalue weighted by atomic mass is 19.1. The van der Waals surface area contributed by atoms with Crippen molar-refractivity contribution in [3.8, 4) is 0 Å². The molecule has 23 heavy (non-hydrogen) atoms. The normalized spacial score (nSPS) is 13.6. The lowest BCUT2D eigenvalue weighted by molar-refractivity contribution is 0.0527. The van der Waals surface area contributed by atoms with Crippen LogP contribution in [0.25, 0.3) is 0 Å². The maximum absolute atomic E-state index is 13.7. The number of benzene rings is 1. The first-order valence-electron chi connectivity index (χ1n) is 6.98. The highest BCUT2D eigenvalue weighted by Gasteiger charge is 2.26. The minimum atomic E-state index is -1.50. The van der Waals surface area contributed by atoms with Crippen molar-refractivity contribution in [3.63, 3.8) is 0 Å². The number of rotatable bonds is 6. The minimum Gasteiger partial charge on any atom is -0.464 e. The minimum absolute atomic E-state index is 0.00992. The van der Waals surface area contributed by atoms with Gasteiger partial charge in [0.25, 0.3) is 0 Å². The van der Waals surface area contributed by atoms with Gasteiger partial charge < -0.3 is 20.1 Å². The lowest BCUT2D eigenvalue weighted by Crippen LogP contribution is -2.35. The largest absolute Gasteiger partial charge is 0.464 e. The third-order valence-corrected chi connectivity index (χ3v) is 3.46. The van der Waals surface area contributed by atoms with E-state index in [1.165, 1.54) is 20.1 Å².